The maximum atomic E-state index is 11.7. The molecule has 1 aromatic carbocycles. The van der Waals surface area contributed by atoms with E-state index in [1.54, 1.807) is 6.07 Å². The second-order valence-corrected chi connectivity index (χ2v) is 5.34. The molecule has 0 amide bonds. The van der Waals surface area contributed by atoms with E-state index in [4.69, 9.17) is 9.47 Å². The van der Waals surface area contributed by atoms with Gasteiger partial charge in [0.05, 0.1) is 29.4 Å². The smallest absolute Gasteiger partial charge is 0.337 e. The van der Waals surface area contributed by atoms with Gasteiger partial charge in [0.25, 0.3) is 0 Å². The van der Waals surface area contributed by atoms with Crippen LogP contribution in [0.15, 0.2) is 16.6 Å². The number of methoxy groups -OCH3 is 1. The highest BCUT2D eigenvalue weighted by Gasteiger charge is 2.22. The molecule has 1 heterocycles. The van der Waals surface area contributed by atoms with E-state index in [0.29, 0.717) is 12.2 Å². The maximum absolute atomic E-state index is 11.7. The van der Waals surface area contributed by atoms with Crippen molar-refractivity contribution in [1.29, 1.82) is 0 Å². The van der Waals surface area contributed by atoms with E-state index >= 15 is 0 Å². The molecule has 0 spiro atoms. The fourth-order valence-corrected chi connectivity index (χ4v) is 2.72. The number of hydrogen-bond donors (Lipinski definition) is 0. The molecule has 0 saturated carbocycles. The lowest BCUT2D eigenvalue weighted by atomic mass is 10.1. The lowest BCUT2D eigenvalue weighted by Crippen LogP contribution is -2.33. The number of carbonyl (C=O) groups excluding carboxylic acids is 1. The monoisotopic (exact) mass is 327 g/mol. The molecule has 0 bridgehead atoms. The van der Waals surface area contributed by atoms with Gasteiger partial charge in [-0.15, -0.1) is 0 Å². The topological polar surface area (TPSA) is 38.8 Å². The normalized spacial score (nSPS) is 13.7. The Labute approximate surface area is 121 Å². The first kappa shape index (κ1) is 14.2. The number of unbranched alkanes of at least 4 members (excludes halogenated alkanes) is 1. The van der Waals surface area contributed by atoms with Crippen molar-refractivity contribution < 1.29 is 14.3 Å². The van der Waals surface area contributed by atoms with Gasteiger partial charge in [0.15, 0.2) is 5.75 Å². The molecule has 1 aliphatic rings. The molecular weight excluding hydrogens is 310 g/mol. The van der Waals surface area contributed by atoms with E-state index in [-0.39, 0.29) is 5.97 Å². The van der Waals surface area contributed by atoms with E-state index in [9.17, 15) is 4.79 Å². The number of nitrogens with zero attached hydrogens (tertiary/aromatic N) is 1. The zero-order valence-corrected chi connectivity index (χ0v) is 12.8. The van der Waals surface area contributed by atoms with E-state index in [2.05, 4.69) is 27.8 Å². The second kappa shape index (κ2) is 6.28. The highest BCUT2D eigenvalue weighted by Crippen LogP contribution is 2.39. The lowest BCUT2D eigenvalue weighted by Gasteiger charge is -2.32. The number of benzene rings is 1. The Morgan fingerprint density at radius 1 is 1.53 bits per heavy atom. The van der Waals surface area contributed by atoms with Crippen molar-refractivity contribution in [3.05, 3.63) is 22.2 Å². The molecule has 4 nitrogen and oxygen atoms in total. The Morgan fingerprint density at radius 3 is 3.00 bits per heavy atom. The number of fused-ring (bicyclic) bond motifs is 1. The highest BCUT2D eigenvalue weighted by atomic mass is 79.9. The van der Waals surface area contributed by atoms with Crippen molar-refractivity contribution in [3.8, 4) is 5.75 Å². The van der Waals surface area contributed by atoms with Crippen LogP contribution < -0.4 is 9.64 Å². The Balaban J connectivity index is 2.36. The Hall–Kier alpha value is -1.23. The summed E-state index contributed by atoms with van der Waals surface area (Å²) in [6, 6.07) is 3.59. The number of carbonyl (C=O) groups is 1. The average molecular weight is 328 g/mol. The van der Waals surface area contributed by atoms with Crippen molar-refractivity contribution in [1.82, 2.24) is 0 Å². The summed E-state index contributed by atoms with van der Waals surface area (Å²) < 4.78 is 11.3. The minimum Gasteiger partial charge on any atom is -0.488 e. The predicted molar refractivity (Wildman–Crippen MR) is 78.1 cm³/mol. The third-order valence-electron chi connectivity index (χ3n) is 3.17. The summed E-state index contributed by atoms with van der Waals surface area (Å²) in [5.74, 6) is 0.486. The molecule has 0 unspecified atom stereocenters. The van der Waals surface area contributed by atoms with Crippen LogP contribution in [0.3, 0.4) is 0 Å². The maximum Gasteiger partial charge on any atom is 0.337 e. The summed E-state index contributed by atoms with van der Waals surface area (Å²) in [6.45, 7) is 4.67. The molecule has 1 aliphatic heterocycles. The standard InChI is InChI=1S/C14H18BrNO3/c1-3-4-5-16-6-7-19-13-11(15)8-10(9-12(13)16)14(17)18-2/h8-9H,3-7H2,1-2H3. The molecule has 19 heavy (non-hydrogen) atoms. The minimum atomic E-state index is -0.329. The number of rotatable bonds is 4. The van der Waals surface area contributed by atoms with Crippen molar-refractivity contribution in [2.24, 2.45) is 0 Å². The van der Waals surface area contributed by atoms with Gasteiger partial charge in [0.2, 0.25) is 0 Å². The zero-order valence-electron chi connectivity index (χ0n) is 11.2. The van der Waals surface area contributed by atoms with E-state index in [1.807, 2.05) is 6.07 Å². The van der Waals surface area contributed by atoms with Gasteiger partial charge in [-0.25, -0.2) is 4.79 Å². The second-order valence-electron chi connectivity index (χ2n) is 4.49. The fourth-order valence-electron chi connectivity index (χ4n) is 2.15. The first-order valence-corrected chi connectivity index (χ1v) is 7.26. The van der Waals surface area contributed by atoms with Gasteiger partial charge < -0.3 is 14.4 Å². The quantitative estimate of drug-likeness (QED) is 0.796. The minimum absolute atomic E-state index is 0.329. The Kier molecular flexibility index (Phi) is 4.69. The number of halogens is 1. The molecule has 2 rings (SSSR count). The van der Waals surface area contributed by atoms with Crippen LogP contribution in [0.1, 0.15) is 30.1 Å². The summed E-state index contributed by atoms with van der Waals surface area (Å²) in [4.78, 5) is 13.9. The summed E-state index contributed by atoms with van der Waals surface area (Å²) in [6.07, 6.45) is 2.27. The van der Waals surface area contributed by atoms with Crippen LogP contribution in [0, 0.1) is 0 Å². The fraction of sp³-hybridized carbons (Fsp3) is 0.500. The van der Waals surface area contributed by atoms with Gasteiger partial charge in [-0.05, 0) is 34.5 Å². The first-order chi connectivity index (χ1) is 9.17. The molecule has 0 aliphatic carbocycles. The summed E-state index contributed by atoms with van der Waals surface area (Å²) in [7, 11) is 1.39. The molecule has 0 radical (unpaired) electrons. The average Bonchev–Trinajstić information content (AvgIpc) is 2.44. The van der Waals surface area contributed by atoms with Gasteiger partial charge >= 0.3 is 5.97 Å². The Morgan fingerprint density at radius 2 is 2.32 bits per heavy atom. The molecule has 0 saturated heterocycles. The molecule has 0 atom stereocenters. The van der Waals surface area contributed by atoms with Crippen LogP contribution in [0.2, 0.25) is 0 Å². The zero-order chi connectivity index (χ0) is 13.8. The van der Waals surface area contributed by atoms with Crippen LogP contribution in [0.4, 0.5) is 5.69 Å². The number of hydrogen-bond acceptors (Lipinski definition) is 4. The summed E-state index contributed by atoms with van der Waals surface area (Å²) >= 11 is 3.47. The lowest BCUT2D eigenvalue weighted by molar-refractivity contribution is 0.0600. The highest BCUT2D eigenvalue weighted by molar-refractivity contribution is 9.10. The van der Waals surface area contributed by atoms with Gasteiger partial charge in [-0.3, -0.25) is 0 Å². The van der Waals surface area contributed by atoms with Crippen molar-refractivity contribution in [2.45, 2.75) is 19.8 Å². The van der Waals surface area contributed by atoms with Gasteiger partial charge in [0, 0.05) is 6.54 Å². The van der Waals surface area contributed by atoms with Crippen LogP contribution in [0.5, 0.6) is 5.75 Å². The molecule has 1 aromatic rings. The summed E-state index contributed by atoms with van der Waals surface area (Å²) in [5.41, 5.74) is 1.51. The van der Waals surface area contributed by atoms with Crippen molar-refractivity contribution >= 4 is 27.6 Å². The molecule has 0 aromatic heterocycles. The molecule has 5 heteroatoms. The van der Waals surface area contributed by atoms with Gasteiger partial charge in [-0.2, -0.15) is 0 Å². The molecule has 104 valence electrons. The van der Waals surface area contributed by atoms with Gasteiger partial charge in [-0.1, -0.05) is 13.3 Å². The van der Waals surface area contributed by atoms with E-state index in [1.165, 1.54) is 7.11 Å². The van der Waals surface area contributed by atoms with Crippen LogP contribution in [-0.4, -0.2) is 32.8 Å². The Bertz CT molecular complexity index is 476. The van der Waals surface area contributed by atoms with Crippen LogP contribution in [-0.2, 0) is 4.74 Å². The summed E-state index contributed by atoms with van der Waals surface area (Å²) in [5, 5.41) is 0. The predicted octanol–water partition coefficient (Wildman–Crippen LogP) is 3.23. The van der Waals surface area contributed by atoms with E-state index in [0.717, 1.165) is 41.8 Å². The van der Waals surface area contributed by atoms with Gasteiger partial charge in [0.1, 0.15) is 6.61 Å². The van der Waals surface area contributed by atoms with E-state index < -0.39 is 0 Å². The number of esters is 1. The number of anilines is 1. The van der Waals surface area contributed by atoms with Crippen molar-refractivity contribution in [2.75, 3.05) is 31.7 Å². The number of ether oxygens (including phenoxy) is 2. The third-order valence-corrected chi connectivity index (χ3v) is 3.76. The molecular formula is C14H18BrNO3. The van der Waals surface area contributed by atoms with Crippen LogP contribution in [0.25, 0.3) is 0 Å². The van der Waals surface area contributed by atoms with Crippen molar-refractivity contribution in [3.63, 3.8) is 0 Å². The SMILES string of the molecule is CCCCN1CCOc2c(Br)cc(C(=O)OC)cc21. The molecule has 0 fully saturated rings. The third kappa shape index (κ3) is 3.03. The first-order valence-electron chi connectivity index (χ1n) is 6.47. The largest absolute Gasteiger partial charge is 0.488 e. The van der Waals surface area contributed by atoms with Crippen LogP contribution >= 0.6 is 15.9 Å². The molecule has 0 N–H and O–H groups in total.